The van der Waals surface area contributed by atoms with Gasteiger partial charge in [-0.3, -0.25) is 9.78 Å². The SMILES string of the molecule is Cn1cnc2cc(-c3ccc(CO)cc3)cc(C(=O)NCc3cccnc3)c21. The molecule has 0 radical (unpaired) electrons. The minimum atomic E-state index is -0.161. The fraction of sp³-hybridized carbons (Fsp3) is 0.136. The normalized spacial score (nSPS) is 10.9. The van der Waals surface area contributed by atoms with Crippen LogP contribution in [0.15, 0.2) is 67.3 Å². The number of aliphatic hydroxyl groups is 1. The lowest BCUT2D eigenvalue weighted by Gasteiger charge is -2.10. The van der Waals surface area contributed by atoms with Crippen LogP contribution in [0.4, 0.5) is 0 Å². The van der Waals surface area contributed by atoms with Crippen molar-refractivity contribution in [2.24, 2.45) is 7.05 Å². The molecule has 0 aliphatic carbocycles. The zero-order valence-corrected chi connectivity index (χ0v) is 15.5. The van der Waals surface area contributed by atoms with Gasteiger partial charge in [-0.1, -0.05) is 30.3 Å². The molecule has 140 valence electrons. The lowest BCUT2D eigenvalue weighted by Crippen LogP contribution is -2.23. The maximum absolute atomic E-state index is 13.0. The molecule has 0 saturated carbocycles. The summed E-state index contributed by atoms with van der Waals surface area (Å²) in [6, 6.07) is 15.3. The average molecular weight is 372 g/mol. The highest BCUT2D eigenvalue weighted by molar-refractivity contribution is 6.06. The number of aromatic nitrogens is 3. The van der Waals surface area contributed by atoms with Gasteiger partial charge in [0.1, 0.15) is 0 Å². The van der Waals surface area contributed by atoms with Crippen molar-refractivity contribution in [1.29, 1.82) is 0 Å². The van der Waals surface area contributed by atoms with E-state index >= 15 is 0 Å². The number of nitrogens with one attached hydrogen (secondary N) is 1. The van der Waals surface area contributed by atoms with E-state index in [2.05, 4.69) is 15.3 Å². The molecule has 6 heteroatoms. The summed E-state index contributed by atoms with van der Waals surface area (Å²) in [6.07, 6.45) is 5.15. The number of hydrogen-bond donors (Lipinski definition) is 2. The summed E-state index contributed by atoms with van der Waals surface area (Å²) in [6.45, 7) is 0.406. The Morgan fingerprint density at radius 1 is 1.11 bits per heavy atom. The van der Waals surface area contributed by atoms with Gasteiger partial charge in [0.15, 0.2) is 0 Å². The Kier molecular flexibility index (Phi) is 4.87. The van der Waals surface area contributed by atoms with E-state index in [0.29, 0.717) is 12.1 Å². The highest BCUT2D eigenvalue weighted by Gasteiger charge is 2.16. The molecule has 1 amide bonds. The number of carbonyl (C=O) groups excluding carboxylic acids is 1. The maximum Gasteiger partial charge on any atom is 0.253 e. The first-order valence-electron chi connectivity index (χ1n) is 8.98. The lowest BCUT2D eigenvalue weighted by molar-refractivity contribution is 0.0952. The minimum Gasteiger partial charge on any atom is -0.392 e. The summed E-state index contributed by atoms with van der Waals surface area (Å²) in [4.78, 5) is 21.5. The van der Waals surface area contributed by atoms with Crippen molar-refractivity contribution in [3.63, 3.8) is 0 Å². The molecule has 0 fully saturated rings. The van der Waals surface area contributed by atoms with Crippen LogP contribution in [0, 0.1) is 0 Å². The second kappa shape index (κ2) is 7.62. The number of fused-ring (bicyclic) bond motifs is 1. The van der Waals surface area contributed by atoms with Gasteiger partial charge in [0.25, 0.3) is 5.91 Å². The molecule has 2 N–H and O–H groups in total. The monoisotopic (exact) mass is 372 g/mol. The van der Waals surface area contributed by atoms with Gasteiger partial charge in [0.05, 0.1) is 29.5 Å². The molecule has 0 atom stereocenters. The van der Waals surface area contributed by atoms with Gasteiger partial charge in [-0.05, 0) is 40.5 Å². The van der Waals surface area contributed by atoms with E-state index in [4.69, 9.17) is 0 Å². The van der Waals surface area contributed by atoms with Gasteiger partial charge in [-0.15, -0.1) is 0 Å². The summed E-state index contributed by atoms with van der Waals surface area (Å²) in [5.41, 5.74) is 5.78. The standard InChI is InChI=1S/C22H20N4O2/c1-26-14-25-20-10-18(17-6-4-15(13-27)5-7-17)9-19(21(20)26)22(28)24-12-16-3-2-8-23-11-16/h2-11,14,27H,12-13H2,1H3,(H,24,28). The number of aliphatic hydroxyl groups excluding tert-OH is 1. The number of amides is 1. The Bertz CT molecular complexity index is 1120. The Morgan fingerprint density at radius 2 is 1.93 bits per heavy atom. The third-order valence-corrected chi connectivity index (χ3v) is 4.70. The van der Waals surface area contributed by atoms with E-state index in [-0.39, 0.29) is 12.5 Å². The number of nitrogens with zero attached hydrogens (tertiary/aromatic N) is 3. The van der Waals surface area contributed by atoms with Gasteiger partial charge < -0.3 is 15.0 Å². The van der Waals surface area contributed by atoms with E-state index in [0.717, 1.165) is 33.3 Å². The largest absolute Gasteiger partial charge is 0.392 e. The number of benzene rings is 2. The van der Waals surface area contributed by atoms with Crippen LogP contribution in [0.1, 0.15) is 21.5 Å². The number of carbonyl (C=O) groups is 1. The predicted molar refractivity (Wildman–Crippen MR) is 107 cm³/mol. The molecule has 4 aromatic rings. The molecule has 0 saturated heterocycles. The molecule has 0 bridgehead atoms. The van der Waals surface area contributed by atoms with Crippen molar-refractivity contribution < 1.29 is 9.90 Å². The predicted octanol–water partition coefficient (Wildman–Crippen LogP) is 3.06. The summed E-state index contributed by atoms with van der Waals surface area (Å²) in [7, 11) is 1.88. The molecule has 2 heterocycles. The lowest BCUT2D eigenvalue weighted by atomic mass is 10.00. The molecular formula is C22H20N4O2. The van der Waals surface area contributed by atoms with Crippen molar-refractivity contribution in [1.82, 2.24) is 19.9 Å². The first kappa shape index (κ1) is 17.9. The van der Waals surface area contributed by atoms with Crippen LogP contribution < -0.4 is 5.32 Å². The Labute approximate surface area is 162 Å². The zero-order chi connectivity index (χ0) is 19.5. The molecule has 0 aliphatic heterocycles. The van der Waals surface area contributed by atoms with Gasteiger partial charge in [-0.2, -0.15) is 0 Å². The minimum absolute atomic E-state index is 0.00154. The van der Waals surface area contributed by atoms with E-state index in [1.807, 2.05) is 60.1 Å². The van der Waals surface area contributed by atoms with E-state index in [1.165, 1.54) is 0 Å². The van der Waals surface area contributed by atoms with Crippen LogP contribution in [0.2, 0.25) is 0 Å². The third-order valence-electron chi connectivity index (χ3n) is 4.70. The van der Waals surface area contributed by atoms with Gasteiger partial charge in [0.2, 0.25) is 0 Å². The molecular weight excluding hydrogens is 352 g/mol. The number of pyridine rings is 1. The molecule has 2 aromatic carbocycles. The van der Waals surface area contributed by atoms with Crippen molar-refractivity contribution in [3.05, 3.63) is 83.9 Å². The van der Waals surface area contributed by atoms with Crippen molar-refractivity contribution >= 4 is 16.9 Å². The van der Waals surface area contributed by atoms with E-state index in [9.17, 15) is 9.90 Å². The molecule has 2 aromatic heterocycles. The summed E-state index contributed by atoms with van der Waals surface area (Å²) < 4.78 is 1.85. The topological polar surface area (TPSA) is 80.0 Å². The quantitative estimate of drug-likeness (QED) is 0.564. The Morgan fingerprint density at radius 3 is 2.64 bits per heavy atom. The number of rotatable bonds is 5. The Hall–Kier alpha value is -3.51. The number of imidazole rings is 1. The molecule has 0 aliphatic rings. The summed E-state index contributed by atoms with van der Waals surface area (Å²) in [5, 5.41) is 12.2. The number of aryl methyl sites for hydroxylation is 1. The highest BCUT2D eigenvalue weighted by Crippen LogP contribution is 2.27. The molecule has 28 heavy (non-hydrogen) atoms. The smallest absolute Gasteiger partial charge is 0.253 e. The van der Waals surface area contributed by atoms with Gasteiger partial charge in [0, 0.05) is 26.0 Å². The fourth-order valence-corrected chi connectivity index (χ4v) is 3.22. The van der Waals surface area contributed by atoms with Crippen LogP contribution in [-0.2, 0) is 20.2 Å². The highest BCUT2D eigenvalue weighted by atomic mass is 16.3. The molecule has 0 unspecified atom stereocenters. The zero-order valence-electron chi connectivity index (χ0n) is 15.5. The van der Waals surface area contributed by atoms with Crippen LogP contribution in [-0.4, -0.2) is 25.5 Å². The first-order valence-corrected chi connectivity index (χ1v) is 8.98. The van der Waals surface area contributed by atoms with Crippen LogP contribution in [0.25, 0.3) is 22.2 Å². The maximum atomic E-state index is 13.0. The summed E-state index contributed by atoms with van der Waals surface area (Å²) >= 11 is 0. The second-order valence-corrected chi connectivity index (χ2v) is 6.65. The first-order chi connectivity index (χ1) is 13.7. The molecule has 0 spiro atoms. The fourth-order valence-electron chi connectivity index (χ4n) is 3.22. The van der Waals surface area contributed by atoms with Crippen molar-refractivity contribution in [2.75, 3.05) is 0 Å². The van der Waals surface area contributed by atoms with Crippen molar-refractivity contribution in [3.8, 4) is 11.1 Å². The van der Waals surface area contributed by atoms with Gasteiger partial charge in [-0.25, -0.2) is 4.98 Å². The number of hydrogen-bond acceptors (Lipinski definition) is 4. The summed E-state index contributed by atoms with van der Waals surface area (Å²) in [5.74, 6) is -0.161. The third kappa shape index (κ3) is 3.50. The molecule has 4 rings (SSSR count). The van der Waals surface area contributed by atoms with Crippen LogP contribution in [0.3, 0.4) is 0 Å². The molecule has 6 nitrogen and oxygen atoms in total. The second-order valence-electron chi connectivity index (χ2n) is 6.65. The van der Waals surface area contributed by atoms with Gasteiger partial charge >= 0.3 is 0 Å². The van der Waals surface area contributed by atoms with Crippen molar-refractivity contribution in [2.45, 2.75) is 13.2 Å². The van der Waals surface area contributed by atoms with Crippen LogP contribution in [0.5, 0.6) is 0 Å². The van der Waals surface area contributed by atoms with E-state index in [1.54, 1.807) is 18.7 Å². The van der Waals surface area contributed by atoms with Crippen LogP contribution >= 0.6 is 0 Å². The average Bonchev–Trinajstić information content (AvgIpc) is 3.13. The Balaban J connectivity index is 1.71. The van der Waals surface area contributed by atoms with E-state index < -0.39 is 0 Å².